The van der Waals surface area contributed by atoms with Crippen molar-refractivity contribution in [1.82, 2.24) is 0 Å². The first kappa shape index (κ1) is 11.9. The van der Waals surface area contributed by atoms with Gasteiger partial charge in [-0.05, 0) is 24.1 Å². The Morgan fingerprint density at radius 3 is 2.60 bits per heavy atom. The number of benzene rings is 1. The van der Waals surface area contributed by atoms with Gasteiger partial charge in [0.2, 0.25) is 0 Å². The van der Waals surface area contributed by atoms with Crippen LogP contribution in [0.15, 0.2) is 18.2 Å². The number of rotatable bonds is 3. The van der Waals surface area contributed by atoms with Crippen LogP contribution in [0.25, 0.3) is 0 Å². The van der Waals surface area contributed by atoms with E-state index in [0.29, 0.717) is 12.5 Å². The van der Waals surface area contributed by atoms with Gasteiger partial charge in [-0.15, -0.1) is 0 Å². The van der Waals surface area contributed by atoms with Crippen LogP contribution in [0.4, 0.5) is 18.9 Å². The molecule has 0 amide bonds. The van der Waals surface area contributed by atoms with Gasteiger partial charge >= 0.3 is 6.18 Å². The molecule has 0 saturated heterocycles. The predicted octanol–water partition coefficient (Wildman–Crippen LogP) is 3.57. The quantitative estimate of drug-likeness (QED) is 0.814. The Hall–Kier alpha value is -1.19. The van der Waals surface area contributed by atoms with E-state index in [-0.39, 0.29) is 5.69 Å². The van der Waals surface area contributed by atoms with Gasteiger partial charge in [0.15, 0.2) is 0 Å². The molecule has 0 saturated carbocycles. The normalized spacial score (nSPS) is 11.9. The van der Waals surface area contributed by atoms with Crippen LogP contribution in [-0.4, -0.2) is 6.54 Å². The lowest BCUT2D eigenvalue weighted by Crippen LogP contribution is -2.14. The van der Waals surface area contributed by atoms with Crippen LogP contribution in [-0.2, 0) is 6.18 Å². The smallest absolute Gasteiger partial charge is 0.384 e. The molecule has 0 aliphatic heterocycles. The summed E-state index contributed by atoms with van der Waals surface area (Å²) in [5.74, 6) is 0.301. The minimum absolute atomic E-state index is 0.120. The van der Waals surface area contributed by atoms with Gasteiger partial charge in [-0.25, -0.2) is 0 Å². The topological polar surface area (TPSA) is 12.0 Å². The molecule has 1 aromatic rings. The van der Waals surface area contributed by atoms with Crippen molar-refractivity contribution in [1.29, 1.82) is 0 Å². The second-order valence-electron chi connectivity index (χ2n) is 3.74. The van der Waals surface area contributed by atoms with E-state index in [4.69, 9.17) is 0 Å². The van der Waals surface area contributed by atoms with Gasteiger partial charge in [0.25, 0.3) is 0 Å². The molecular formula is C11H13F3N. The van der Waals surface area contributed by atoms with Crippen LogP contribution in [0.2, 0.25) is 0 Å². The fourth-order valence-electron chi connectivity index (χ4n) is 1.13. The molecule has 0 aliphatic rings. The molecule has 0 bridgehead atoms. The van der Waals surface area contributed by atoms with Gasteiger partial charge in [0, 0.05) is 12.2 Å². The van der Waals surface area contributed by atoms with Crippen LogP contribution in [0.3, 0.4) is 0 Å². The van der Waals surface area contributed by atoms with E-state index in [1.165, 1.54) is 12.1 Å². The molecule has 4 heteroatoms. The summed E-state index contributed by atoms with van der Waals surface area (Å²) in [6, 6.07) is 6.26. The van der Waals surface area contributed by atoms with Gasteiger partial charge in [-0.1, -0.05) is 19.9 Å². The number of hydrogen-bond donors (Lipinski definition) is 1. The molecule has 83 valence electrons. The van der Waals surface area contributed by atoms with E-state index in [1.807, 2.05) is 13.8 Å². The van der Waals surface area contributed by atoms with E-state index in [2.05, 4.69) is 11.4 Å². The molecule has 0 atom stereocenters. The summed E-state index contributed by atoms with van der Waals surface area (Å²) < 4.78 is 37.5. The molecule has 1 N–H and O–H groups in total. The lowest BCUT2D eigenvalue weighted by Gasteiger charge is -2.15. The standard InChI is InChI=1S/C11H13F3N/c1-8(2)7-15-10-6-4-3-5-9(10)11(12,13)14/h4-6,8,15H,7H2,1-2H3. The van der Waals surface area contributed by atoms with E-state index < -0.39 is 11.7 Å². The fraction of sp³-hybridized carbons (Fsp3) is 0.455. The minimum Gasteiger partial charge on any atom is -0.384 e. The summed E-state index contributed by atoms with van der Waals surface area (Å²) in [6.45, 7) is 4.40. The Labute approximate surface area is 87.3 Å². The van der Waals surface area contributed by atoms with Crippen molar-refractivity contribution >= 4 is 5.69 Å². The summed E-state index contributed by atoms with van der Waals surface area (Å²) in [7, 11) is 0. The molecule has 0 unspecified atom stereocenters. The highest BCUT2D eigenvalue weighted by Gasteiger charge is 2.33. The molecule has 1 nitrogen and oxygen atoms in total. The van der Waals surface area contributed by atoms with Gasteiger partial charge in [-0.2, -0.15) is 13.2 Å². The van der Waals surface area contributed by atoms with Crippen molar-refractivity contribution in [3.63, 3.8) is 0 Å². The third-order valence-electron chi connectivity index (χ3n) is 1.87. The minimum atomic E-state index is -4.32. The van der Waals surface area contributed by atoms with Crippen molar-refractivity contribution in [2.24, 2.45) is 5.92 Å². The summed E-state index contributed by atoms with van der Waals surface area (Å²) in [6.07, 6.45) is -4.32. The van der Waals surface area contributed by atoms with Crippen LogP contribution >= 0.6 is 0 Å². The second kappa shape index (κ2) is 4.55. The summed E-state index contributed by atoms with van der Waals surface area (Å²) in [5.41, 5.74) is -0.541. The highest BCUT2D eigenvalue weighted by atomic mass is 19.4. The van der Waals surface area contributed by atoms with Crippen LogP contribution in [0, 0.1) is 12.0 Å². The Balaban J connectivity index is 2.87. The SMILES string of the molecule is CC(C)CNc1cc[c]cc1C(F)(F)F. The van der Waals surface area contributed by atoms with Crippen molar-refractivity contribution in [3.05, 3.63) is 29.8 Å². The molecule has 0 heterocycles. The first-order chi connectivity index (χ1) is 6.91. The first-order valence-corrected chi connectivity index (χ1v) is 4.72. The van der Waals surface area contributed by atoms with Crippen LogP contribution in [0.1, 0.15) is 19.4 Å². The van der Waals surface area contributed by atoms with E-state index in [9.17, 15) is 13.2 Å². The van der Waals surface area contributed by atoms with Gasteiger partial charge in [-0.3, -0.25) is 0 Å². The van der Waals surface area contributed by atoms with Gasteiger partial charge in [0.1, 0.15) is 0 Å². The fourth-order valence-corrected chi connectivity index (χ4v) is 1.13. The molecule has 1 radical (unpaired) electrons. The lowest BCUT2D eigenvalue weighted by atomic mass is 10.1. The number of halogens is 3. The summed E-state index contributed by atoms with van der Waals surface area (Å²) in [4.78, 5) is 0. The molecule has 0 aliphatic carbocycles. The maximum atomic E-state index is 12.5. The van der Waals surface area contributed by atoms with E-state index in [0.717, 1.165) is 6.07 Å². The third kappa shape index (κ3) is 3.46. The van der Waals surface area contributed by atoms with Crippen LogP contribution < -0.4 is 5.32 Å². The summed E-state index contributed by atoms with van der Waals surface area (Å²) >= 11 is 0. The molecule has 1 rings (SSSR count). The number of alkyl halides is 3. The number of nitrogens with one attached hydrogen (secondary N) is 1. The Morgan fingerprint density at radius 1 is 1.40 bits per heavy atom. The maximum Gasteiger partial charge on any atom is 0.418 e. The van der Waals surface area contributed by atoms with Crippen molar-refractivity contribution < 1.29 is 13.2 Å². The number of anilines is 1. The monoisotopic (exact) mass is 216 g/mol. The zero-order valence-electron chi connectivity index (χ0n) is 8.65. The molecular weight excluding hydrogens is 203 g/mol. The van der Waals surface area contributed by atoms with Gasteiger partial charge in [0.05, 0.1) is 5.56 Å². The maximum absolute atomic E-state index is 12.5. The van der Waals surface area contributed by atoms with Crippen molar-refractivity contribution in [3.8, 4) is 0 Å². The zero-order valence-corrected chi connectivity index (χ0v) is 8.65. The lowest BCUT2D eigenvalue weighted by molar-refractivity contribution is -0.137. The summed E-state index contributed by atoms with van der Waals surface area (Å²) in [5, 5.41) is 2.78. The highest BCUT2D eigenvalue weighted by molar-refractivity contribution is 5.52. The molecule has 15 heavy (non-hydrogen) atoms. The Morgan fingerprint density at radius 2 is 2.07 bits per heavy atom. The van der Waals surface area contributed by atoms with E-state index >= 15 is 0 Å². The van der Waals surface area contributed by atoms with Crippen molar-refractivity contribution in [2.75, 3.05) is 11.9 Å². The highest BCUT2D eigenvalue weighted by Crippen LogP contribution is 2.34. The molecule has 0 aromatic heterocycles. The largest absolute Gasteiger partial charge is 0.418 e. The molecule has 0 spiro atoms. The average molecular weight is 216 g/mol. The Kier molecular flexibility index (Phi) is 3.61. The zero-order chi connectivity index (χ0) is 11.5. The predicted molar refractivity (Wildman–Crippen MR) is 53.6 cm³/mol. The molecule has 1 aromatic carbocycles. The number of hydrogen-bond acceptors (Lipinski definition) is 1. The van der Waals surface area contributed by atoms with E-state index in [1.54, 1.807) is 0 Å². The first-order valence-electron chi connectivity index (χ1n) is 4.72. The Bertz CT molecular complexity index is 318. The van der Waals surface area contributed by atoms with Crippen molar-refractivity contribution in [2.45, 2.75) is 20.0 Å². The molecule has 0 fully saturated rings. The third-order valence-corrected chi connectivity index (χ3v) is 1.87. The van der Waals surface area contributed by atoms with Crippen LogP contribution in [0.5, 0.6) is 0 Å². The van der Waals surface area contributed by atoms with Gasteiger partial charge < -0.3 is 5.32 Å². The average Bonchev–Trinajstić information content (AvgIpc) is 2.13. The second-order valence-corrected chi connectivity index (χ2v) is 3.74.